The summed E-state index contributed by atoms with van der Waals surface area (Å²) in [6.07, 6.45) is 2.72. The van der Waals surface area contributed by atoms with E-state index in [-0.39, 0.29) is 18.0 Å². The van der Waals surface area contributed by atoms with Crippen LogP contribution < -0.4 is 0 Å². The molecule has 0 aliphatic rings. The van der Waals surface area contributed by atoms with Crippen LogP contribution in [0.3, 0.4) is 0 Å². The second-order valence-electron chi connectivity index (χ2n) is 5.63. The molecule has 0 saturated heterocycles. The van der Waals surface area contributed by atoms with Crippen LogP contribution in [0.15, 0.2) is 65.6 Å². The van der Waals surface area contributed by atoms with E-state index in [0.717, 1.165) is 14.7 Å². The predicted molar refractivity (Wildman–Crippen MR) is 109 cm³/mol. The van der Waals surface area contributed by atoms with E-state index in [1.54, 1.807) is 24.3 Å². The van der Waals surface area contributed by atoms with Crippen molar-refractivity contribution in [1.29, 1.82) is 0 Å². The highest BCUT2D eigenvalue weighted by Crippen LogP contribution is 2.21. The number of hydrogen-bond donors (Lipinski definition) is 0. The maximum atomic E-state index is 13.1. The Labute approximate surface area is 167 Å². The van der Waals surface area contributed by atoms with Crippen LogP contribution in [0.4, 0.5) is 0 Å². The standard InChI is InChI=1S/C19H20INO4S/c1-15-9-11-17(12-10-15)26(23,24)21(13-5-8-19(22)25-2)14-16-6-3-4-7-18(16)20/h3-12H,13-14H2,1-2H3/b8-5+. The third-order valence-corrected chi connectivity index (χ3v) is 6.61. The average molecular weight is 485 g/mol. The van der Waals surface area contributed by atoms with Crippen LogP contribution in [-0.2, 0) is 26.1 Å². The molecule has 0 N–H and O–H groups in total. The van der Waals surface area contributed by atoms with Crippen molar-refractivity contribution in [3.63, 3.8) is 0 Å². The maximum absolute atomic E-state index is 13.1. The largest absolute Gasteiger partial charge is 0.466 e. The first-order chi connectivity index (χ1) is 12.3. The molecule has 0 saturated carbocycles. The predicted octanol–water partition coefficient (Wildman–Crippen LogP) is 3.52. The molecule has 26 heavy (non-hydrogen) atoms. The molecule has 138 valence electrons. The number of halogens is 1. The molecule has 0 atom stereocenters. The van der Waals surface area contributed by atoms with Gasteiger partial charge in [-0.3, -0.25) is 0 Å². The van der Waals surface area contributed by atoms with Crippen molar-refractivity contribution >= 4 is 38.6 Å². The first kappa shape index (κ1) is 20.6. The second-order valence-corrected chi connectivity index (χ2v) is 8.73. The third-order valence-electron chi connectivity index (χ3n) is 3.73. The molecular weight excluding hydrogens is 465 g/mol. The molecule has 5 nitrogen and oxygen atoms in total. The number of carbonyl (C=O) groups excluding carboxylic acids is 1. The van der Waals surface area contributed by atoms with E-state index in [1.165, 1.54) is 23.6 Å². The molecule has 0 unspecified atom stereocenters. The Morgan fingerprint density at radius 3 is 2.42 bits per heavy atom. The number of nitrogens with zero attached hydrogens (tertiary/aromatic N) is 1. The fourth-order valence-corrected chi connectivity index (χ4v) is 4.19. The van der Waals surface area contributed by atoms with Gasteiger partial charge in [-0.15, -0.1) is 0 Å². The van der Waals surface area contributed by atoms with Gasteiger partial charge in [-0.05, 0) is 53.3 Å². The van der Waals surface area contributed by atoms with Crippen molar-refractivity contribution in [2.24, 2.45) is 0 Å². The lowest BCUT2D eigenvalue weighted by Crippen LogP contribution is -2.31. The summed E-state index contributed by atoms with van der Waals surface area (Å²) < 4.78 is 33.0. The lowest BCUT2D eigenvalue weighted by molar-refractivity contribution is -0.134. The van der Waals surface area contributed by atoms with Gasteiger partial charge < -0.3 is 4.74 Å². The smallest absolute Gasteiger partial charge is 0.330 e. The van der Waals surface area contributed by atoms with Gasteiger partial charge in [0.25, 0.3) is 0 Å². The Morgan fingerprint density at radius 1 is 1.15 bits per heavy atom. The van der Waals surface area contributed by atoms with Crippen LogP contribution in [0, 0.1) is 10.5 Å². The Kier molecular flexibility index (Phi) is 7.36. The molecule has 0 radical (unpaired) electrons. The second kappa shape index (κ2) is 9.29. The molecule has 2 aromatic carbocycles. The molecule has 0 amide bonds. The van der Waals surface area contributed by atoms with Gasteiger partial charge in [-0.25, -0.2) is 13.2 Å². The number of carbonyl (C=O) groups is 1. The average Bonchev–Trinajstić information content (AvgIpc) is 2.62. The van der Waals surface area contributed by atoms with Gasteiger partial charge >= 0.3 is 5.97 Å². The summed E-state index contributed by atoms with van der Waals surface area (Å²) in [5, 5.41) is 0. The van der Waals surface area contributed by atoms with E-state index in [9.17, 15) is 13.2 Å². The highest BCUT2D eigenvalue weighted by molar-refractivity contribution is 14.1. The van der Waals surface area contributed by atoms with Crippen molar-refractivity contribution in [3.05, 3.63) is 75.4 Å². The topological polar surface area (TPSA) is 63.7 Å². The molecule has 0 bridgehead atoms. The van der Waals surface area contributed by atoms with E-state index in [1.807, 2.05) is 31.2 Å². The highest BCUT2D eigenvalue weighted by atomic mass is 127. The molecule has 0 aliphatic heterocycles. The summed E-state index contributed by atoms with van der Waals surface area (Å²) in [5.74, 6) is -0.521. The highest BCUT2D eigenvalue weighted by Gasteiger charge is 2.24. The number of benzene rings is 2. The minimum Gasteiger partial charge on any atom is -0.466 e. The minimum absolute atomic E-state index is 0.0658. The van der Waals surface area contributed by atoms with Crippen LogP contribution >= 0.6 is 22.6 Å². The zero-order chi connectivity index (χ0) is 19.2. The summed E-state index contributed by atoms with van der Waals surface area (Å²) >= 11 is 2.18. The number of ether oxygens (including phenoxy) is 1. The molecule has 0 aliphatic carbocycles. The van der Waals surface area contributed by atoms with Crippen molar-refractivity contribution in [3.8, 4) is 0 Å². The zero-order valence-electron chi connectivity index (χ0n) is 14.6. The van der Waals surface area contributed by atoms with Gasteiger partial charge in [0, 0.05) is 22.7 Å². The fraction of sp³-hybridized carbons (Fsp3) is 0.211. The van der Waals surface area contributed by atoms with Crippen molar-refractivity contribution in [2.45, 2.75) is 18.4 Å². The molecule has 2 rings (SSSR count). The number of hydrogen-bond acceptors (Lipinski definition) is 4. The monoisotopic (exact) mass is 485 g/mol. The summed E-state index contributed by atoms with van der Waals surface area (Å²) in [7, 11) is -2.43. The number of esters is 1. The third kappa shape index (κ3) is 5.39. The van der Waals surface area contributed by atoms with E-state index in [0.29, 0.717) is 0 Å². The first-order valence-corrected chi connectivity index (χ1v) is 10.4. The normalized spacial score (nSPS) is 11.8. The minimum atomic E-state index is -3.71. The van der Waals surface area contributed by atoms with Crippen LogP contribution in [0.25, 0.3) is 0 Å². The Hall–Kier alpha value is -1.71. The lowest BCUT2D eigenvalue weighted by atomic mass is 10.2. The van der Waals surface area contributed by atoms with E-state index >= 15 is 0 Å². The Balaban J connectivity index is 2.35. The van der Waals surface area contributed by atoms with Gasteiger partial charge in [0.1, 0.15) is 0 Å². The van der Waals surface area contributed by atoms with Gasteiger partial charge in [0.15, 0.2) is 0 Å². The molecule has 0 aromatic heterocycles. The zero-order valence-corrected chi connectivity index (χ0v) is 17.5. The fourth-order valence-electron chi connectivity index (χ4n) is 2.26. The van der Waals surface area contributed by atoms with Crippen LogP contribution in [-0.4, -0.2) is 32.3 Å². The SMILES string of the molecule is COC(=O)/C=C/CN(Cc1ccccc1I)S(=O)(=O)c1ccc(C)cc1. The molecule has 0 fully saturated rings. The molecule has 0 heterocycles. The molecule has 2 aromatic rings. The quantitative estimate of drug-likeness (QED) is 0.342. The molecular formula is C19H20INO4S. The summed E-state index contributed by atoms with van der Waals surface area (Å²) in [6, 6.07) is 14.3. The number of methoxy groups -OCH3 is 1. The van der Waals surface area contributed by atoms with Gasteiger partial charge in [0.2, 0.25) is 10.0 Å². The number of rotatable bonds is 7. The van der Waals surface area contributed by atoms with Crippen LogP contribution in [0.1, 0.15) is 11.1 Å². The van der Waals surface area contributed by atoms with E-state index in [2.05, 4.69) is 27.3 Å². The van der Waals surface area contributed by atoms with Gasteiger partial charge in [0.05, 0.1) is 12.0 Å². The van der Waals surface area contributed by atoms with Crippen LogP contribution in [0.5, 0.6) is 0 Å². The lowest BCUT2D eigenvalue weighted by Gasteiger charge is -2.21. The number of sulfonamides is 1. The van der Waals surface area contributed by atoms with E-state index in [4.69, 9.17) is 0 Å². The van der Waals surface area contributed by atoms with Crippen LogP contribution in [0.2, 0.25) is 0 Å². The summed E-state index contributed by atoms with van der Waals surface area (Å²) in [4.78, 5) is 11.5. The van der Waals surface area contributed by atoms with E-state index < -0.39 is 16.0 Å². The summed E-state index contributed by atoms with van der Waals surface area (Å²) in [5.41, 5.74) is 1.88. The first-order valence-electron chi connectivity index (χ1n) is 7.89. The van der Waals surface area contributed by atoms with Crippen molar-refractivity contribution in [1.82, 2.24) is 4.31 Å². The summed E-state index contributed by atoms with van der Waals surface area (Å²) in [6.45, 7) is 2.18. The van der Waals surface area contributed by atoms with Crippen molar-refractivity contribution in [2.75, 3.05) is 13.7 Å². The maximum Gasteiger partial charge on any atom is 0.330 e. The molecule has 7 heteroatoms. The Bertz CT molecular complexity index is 892. The van der Waals surface area contributed by atoms with Crippen molar-refractivity contribution < 1.29 is 17.9 Å². The molecule has 0 spiro atoms. The van der Waals surface area contributed by atoms with Gasteiger partial charge in [-0.2, -0.15) is 4.31 Å². The van der Waals surface area contributed by atoms with Gasteiger partial charge in [-0.1, -0.05) is 42.0 Å². The Morgan fingerprint density at radius 2 is 1.81 bits per heavy atom. The number of aryl methyl sites for hydroxylation is 1.